The van der Waals surface area contributed by atoms with Gasteiger partial charge in [0.2, 0.25) is 0 Å². The summed E-state index contributed by atoms with van der Waals surface area (Å²) < 4.78 is 0. The minimum Gasteiger partial charge on any atom is -0.353 e. The number of nitro groups is 1. The third kappa shape index (κ3) is 3.69. The van der Waals surface area contributed by atoms with Gasteiger partial charge in [-0.2, -0.15) is 0 Å². The smallest absolute Gasteiger partial charge is 0.320 e. The van der Waals surface area contributed by atoms with E-state index < -0.39 is 4.92 Å². The fourth-order valence-electron chi connectivity index (χ4n) is 2.72. The topological polar surface area (TPSA) is 82.8 Å². The molecule has 0 atom stereocenters. The first-order valence-electron chi connectivity index (χ1n) is 7.87. The fourth-order valence-corrected chi connectivity index (χ4v) is 2.72. The number of rotatable bonds is 4. The Labute approximate surface area is 135 Å². The highest BCUT2D eigenvalue weighted by molar-refractivity contribution is 5.74. The van der Waals surface area contributed by atoms with Gasteiger partial charge in [0.15, 0.2) is 0 Å². The number of amides is 2. The second-order valence-electron chi connectivity index (χ2n) is 5.52. The second-order valence-corrected chi connectivity index (χ2v) is 5.52. The molecule has 1 aromatic heterocycles. The van der Waals surface area contributed by atoms with Crippen molar-refractivity contribution in [2.45, 2.75) is 20.8 Å². The lowest BCUT2D eigenvalue weighted by Crippen LogP contribution is -2.53. The molecule has 0 unspecified atom stereocenters. The number of carbonyl (C=O) groups excluding carboxylic acids is 1. The number of pyridine rings is 1. The van der Waals surface area contributed by atoms with Crippen molar-refractivity contribution in [1.29, 1.82) is 0 Å². The predicted octanol–water partition coefficient (Wildman–Crippen LogP) is 1.88. The molecule has 1 aliphatic heterocycles. The van der Waals surface area contributed by atoms with Gasteiger partial charge in [0.05, 0.1) is 4.92 Å². The highest BCUT2D eigenvalue weighted by Crippen LogP contribution is 2.22. The molecule has 8 heteroatoms. The average molecular weight is 321 g/mol. The van der Waals surface area contributed by atoms with E-state index in [9.17, 15) is 14.9 Å². The zero-order valence-corrected chi connectivity index (χ0v) is 13.9. The van der Waals surface area contributed by atoms with Gasteiger partial charge in [-0.1, -0.05) is 0 Å². The second kappa shape index (κ2) is 7.26. The van der Waals surface area contributed by atoms with Crippen LogP contribution in [0.2, 0.25) is 0 Å². The standard InChI is InChI=1S/C15H23N5O3/c1-4-17(5-2)15(21)19-8-6-18(7-9-19)14-10-12(3)13(11-16-14)20(22)23/h10-11H,4-9H2,1-3H3. The summed E-state index contributed by atoms with van der Waals surface area (Å²) in [6.07, 6.45) is 1.30. The molecule has 1 fully saturated rings. The Bertz CT molecular complexity index is 580. The number of aromatic nitrogens is 1. The Morgan fingerprint density at radius 1 is 1.30 bits per heavy atom. The van der Waals surface area contributed by atoms with Gasteiger partial charge < -0.3 is 14.7 Å². The number of hydrogen-bond acceptors (Lipinski definition) is 5. The van der Waals surface area contributed by atoms with Crippen molar-refractivity contribution in [2.24, 2.45) is 0 Å². The molecular formula is C15H23N5O3. The van der Waals surface area contributed by atoms with Crippen molar-refractivity contribution in [3.05, 3.63) is 27.9 Å². The van der Waals surface area contributed by atoms with E-state index in [1.807, 2.05) is 23.6 Å². The SMILES string of the molecule is CCN(CC)C(=O)N1CCN(c2cc(C)c([N+](=O)[O-])cn2)CC1. The van der Waals surface area contributed by atoms with Crippen molar-refractivity contribution < 1.29 is 9.72 Å². The van der Waals surface area contributed by atoms with Crippen molar-refractivity contribution in [3.63, 3.8) is 0 Å². The summed E-state index contributed by atoms with van der Waals surface area (Å²) in [6.45, 7) is 9.69. The lowest BCUT2D eigenvalue weighted by molar-refractivity contribution is -0.385. The molecule has 8 nitrogen and oxygen atoms in total. The fraction of sp³-hybridized carbons (Fsp3) is 0.600. The Kier molecular flexibility index (Phi) is 5.36. The van der Waals surface area contributed by atoms with Gasteiger partial charge in [0.1, 0.15) is 12.0 Å². The molecule has 2 amide bonds. The molecule has 1 saturated heterocycles. The van der Waals surface area contributed by atoms with Gasteiger partial charge in [-0.05, 0) is 26.8 Å². The first-order chi connectivity index (χ1) is 11.0. The molecule has 0 radical (unpaired) electrons. The first kappa shape index (κ1) is 17.0. The van der Waals surface area contributed by atoms with Gasteiger partial charge in [0, 0.05) is 44.8 Å². The molecule has 0 bridgehead atoms. The predicted molar refractivity (Wildman–Crippen MR) is 87.7 cm³/mol. The van der Waals surface area contributed by atoms with Crippen LogP contribution in [0.5, 0.6) is 0 Å². The van der Waals surface area contributed by atoms with Gasteiger partial charge in [0.25, 0.3) is 5.69 Å². The van der Waals surface area contributed by atoms with Gasteiger partial charge in [-0.15, -0.1) is 0 Å². The van der Waals surface area contributed by atoms with Crippen LogP contribution in [0.1, 0.15) is 19.4 Å². The lowest BCUT2D eigenvalue weighted by atomic mass is 10.2. The largest absolute Gasteiger partial charge is 0.353 e. The van der Waals surface area contributed by atoms with Gasteiger partial charge >= 0.3 is 6.03 Å². The van der Waals surface area contributed by atoms with Crippen LogP contribution >= 0.6 is 0 Å². The third-order valence-corrected chi connectivity index (χ3v) is 4.17. The van der Waals surface area contributed by atoms with Crippen molar-refractivity contribution in [3.8, 4) is 0 Å². The Hall–Kier alpha value is -2.38. The Balaban J connectivity index is 2.00. The van der Waals surface area contributed by atoms with E-state index in [4.69, 9.17) is 0 Å². The van der Waals surface area contributed by atoms with Crippen LogP contribution in [0.4, 0.5) is 16.3 Å². The molecule has 0 aromatic carbocycles. The maximum atomic E-state index is 12.3. The maximum absolute atomic E-state index is 12.3. The van der Waals surface area contributed by atoms with Crippen LogP contribution < -0.4 is 4.90 Å². The molecular weight excluding hydrogens is 298 g/mol. The van der Waals surface area contributed by atoms with E-state index in [2.05, 4.69) is 9.88 Å². The minimum absolute atomic E-state index is 0.0316. The number of urea groups is 1. The number of hydrogen-bond donors (Lipinski definition) is 0. The average Bonchev–Trinajstić information content (AvgIpc) is 2.55. The molecule has 1 aromatic rings. The van der Waals surface area contributed by atoms with E-state index in [1.165, 1.54) is 6.20 Å². The normalized spacial score (nSPS) is 14.7. The summed E-state index contributed by atoms with van der Waals surface area (Å²) in [5.41, 5.74) is 0.630. The molecule has 2 heterocycles. The number of nitrogens with zero attached hydrogens (tertiary/aromatic N) is 5. The number of anilines is 1. The molecule has 126 valence electrons. The molecule has 1 aliphatic rings. The van der Waals surface area contributed by atoms with Crippen molar-refractivity contribution in [2.75, 3.05) is 44.2 Å². The maximum Gasteiger partial charge on any atom is 0.320 e. The van der Waals surface area contributed by atoms with Crippen LogP contribution in [-0.4, -0.2) is 65.0 Å². The number of carbonyl (C=O) groups is 1. The zero-order valence-electron chi connectivity index (χ0n) is 13.9. The van der Waals surface area contributed by atoms with Crippen LogP contribution in [0.15, 0.2) is 12.3 Å². The van der Waals surface area contributed by atoms with E-state index in [0.717, 1.165) is 5.82 Å². The van der Waals surface area contributed by atoms with E-state index in [1.54, 1.807) is 13.0 Å². The summed E-state index contributed by atoms with van der Waals surface area (Å²) in [5, 5.41) is 10.9. The molecule has 0 aliphatic carbocycles. The minimum atomic E-state index is -0.424. The highest BCUT2D eigenvalue weighted by atomic mass is 16.6. The van der Waals surface area contributed by atoms with Crippen LogP contribution in [0.25, 0.3) is 0 Å². The first-order valence-corrected chi connectivity index (χ1v) is 7.87. The summed E-state index contributed by atoms with van der Waals surface area (Å²) in [6, 6.07) is 1.81. The van der Waals surface area contributed by atoms with Gasteiger partial charge in [-0.3, -0.25) is 10.1 Å². The van der Waals surface area contributed by atoms with E-state index in [-0.39, 0.29) is 11.7 Å². The molecule has 0 saturated carbocycles. The van der Waals surface area contributed by atoms with Gasteiger partial charge in [-0.25, -0.2) is 9.78 Å². The molecule has 23 heavy (non-hydrogen) atoms. The molecule has 2 rings (SSSR count). The van der Waals surface area contributed by atoms with Crippen LogP contribution in [0, 0.1) is 17.0 Å². The lowest BCUT2D eigenvalue weighted by Gasteiger charge is -2.37. The van der Waals surface area contributed by atoms with E-state index in [0.29, 0.717) is 44.8 Å². The summed E-state index contributed by atoms with van der Waals surface area (Å²) in [4.78, 5) is 32.7. The monoisotopic (exact) mass is 321 g/mol. The van der Waals surface area contributed by atoms with Crippen molar-refractivity contribution in [1.82, 2.24) is 14.8 Å². The van der Waals surface area contributed by atoms with Crippen LogP contribution in [-0.2, 0) is 0 Å². The van der Waals surface area contributed by atoms with E-state index >= 15 is 0 Å². The highest BCUT2D eigenvalue weighted by Gasteiger charge is 2.25. The van der Waals surface area contributed by atoms with Crippen LogP contribution in [0.3, 0.4) is 0 Å². The van der Waals surface area contributed by atoms with Crippen molar-refractivity contribution >= 4 is 17.5 Å². The quantitative estimate of drug-likeness (QED) is 0.624. The zero-order chi connectivity index (χ0) is 17.0. The summed E-state index contributed by atoms with van der Waals surface area (Å²) >= 11 is 0. The third-order valence-electron chi connectivity index (χ3n) is 4.17. The Morgan fingerprint density at radius 3 is 2.39 bits per heavy atom. The summed E-state index contributed by atoms with van der Waals surface area (Å²) in [5.74, 6) is 0.725. The summed E-state index contributed by atoms with van der Waals surface area (Å²) in [7, 11) is 0. The number of piperazine rings is 1. The molecule has 0 spiro atoms. The molecule has 0 N–H and O–H groups in total. The Morgan fingerprint density at radius 2 is 1.91 bits per heavy atom. The number of aryl methyl sites for hydroxylation is 1.